The maximum absolute atomic E-state index is 12.0. The molecule has 8 nitrogen and oxygen atoms in total. The van der Waals surface area contributed by atoms with Crippen LogP contribution in [0.25, 0.3) is 0 Å². The number of benzene rings is 1. The van der Waals surface area contributed by atoms with Gasteiger partial charge >= 0.3 is 0 Å². The Morgan fingerprint density at radius 1 is 1.42 bits per heavy atom. The maximum Gasteiger partial charge on any atom is 0.246 e. The van der Waals surface area contributed by atoms with Crippen molar-refractivity contribution >= 4 is 22.4 Å². The van der Waals surface area contributed by atoms with Crippen molar-refractivity contribution in [2.45, 2.75) is 32.9 Å². The van der Waals surface area contributed by atoms with Crippen molar-refractivity contribution in [2.24, 2.45) is 0 Å². The van der Waals surface area contributed by atoms with E-state index in [1.165, 1.54) is 16.9 Å². The fraction of sp³-hybridized carbons (Fsp3) is 0.400. The van der Waals surface area contributed by atoms with Crippen LogP contribution in [0.5, 0.6) is 5.75 Å². The number of aromatic nitrogens is 2. The van der Waals surface area contributed by atoms with Gasteiger partial charge in [0.05, 0.1) is 0 Å². The van der Waals surface area contributed by atoms with Gasteiger partial charge in [-0.15, -0.1) is 10.2 Å². The molecule has 1 aromatic heterocycles. The van der Waals surface area contributed by atoms with E-state index >= 15 is 0 Å². The van der Waals surface area contributed by atoms with Gasteiger partial charge in [0.15, 0.2) is 5.01 Å². The van der Waals surface area contributed by atoms with Gasteiger partial charge in [0.2, 0.25) is 11.0 Å². The average Bonchev–Trinajstić information content (AvgIpc) is 3.23. The third-order valence-corrected chi connectivity index (χ3v) is 4.83. The molecule has 2 atom stereocenters. The first-order chi connectivity index (χ1) is 11.5. The molecule has 1 amide bonds. The number of aryl methyl sites for hydroxylation is 1. The van der Waals surface area contributed by atoms with E-state index in [-0.39, 0.29) is 18.1 Å². The predicted octanol–water partition coefficient (Wildman–Crippen LogP) is 1.21. The second-order valence-corrected chi connectivity index (χ2v) is 6.60. The Kier molecular flexibility index (Phi) is 5.05. The van der Waals surface area contributed by atoms with Crippen LogP contribution in [0.2, 0.25) is 0 Å². The van der Waals surface area contributed by atoms with E-state index in [1.54, 1.807) is 0 Å². The van der Waals surface area contributed by atoms with E-state index in [2.05, 4.69) is 31.9 Å². The zero-order valence-corrected chi connectivity index (χ0v) is 14.5. The number of anilines is 1. The number of carbonyl (C=O) groups is 1. The average molecular weight is 348 g/mol. The van der Waals surface area contributed by atoms with E-state index in [9.17, 15) is 4.79 Å². The van der Waals surface area contributed by atoms with Gasteiger partial charge in [-0.05, 0) is 38.0 Å². The van der Waals surface area contributed by atoms with Crippen LogP contribution in [0.1, 0.15) is 29.2 Å². The van der Waals surface area contributed by atoms with Crippen molar-refractivity contribution in [3.63, 3.8) is 0 Å². The highest BCUT2D eigenvalue weighted by Gasteiger charge is 2.23. The highest BCUT2D eigenvalue weighted by molar-refractivity contribution is 7.15. The fourth-order valence-electron chi connectivity index (χ4n) is 2.24. The lowest BCUT2D eigenvalue weighted by Gasteiger charge is -2.15. The summed E-state index contributed by atoms with van der Waals surface area (Å²) in [4.78, 5) is 12.0. The van der Waals surface area contributed by atoms with Crippen molar-refractivity contribution in [3.05, 3.63) is 34.3 Å². The SMILES string of the molecule is Cc1cccc(OC(C)c2nnc(NC(=O)C3CNNN3)s2)c1C. The monoisotopic (exact) mass is 348 g/mol. The van der Waals surface area contributed by atoms with Crippen LogP contribution in [-0.2, 0) is 4.79 Å². The molecule has 1 aliphatic rings. The fourth-order valence-corrected chi connectivity index (χ4v) is 2.96. The number of nitrogens with one attached hydrogen (secondary N) is 4. The van der Waals surface area contributed by atoms with Gasteiger partial charge < -0.3 is 4.74 Å². The lowest BCUT2D eigenvalue weighted by Crippen LogP contribution is -2.40. The summed E-state index contributed by atoms with van der Waals surface area (Å²) >= 11 is 1.31. The van der Waals surface area contributed by atoms with Crippen LogP contribution in [0.15, 0.2) is 18.2 Å². The molecule has 2 heterocycles. The van der Waals surface area contributed by atoms with E-state index in [0.717, 1.165) is 11.3 Å². The van der Waals surface area contributed by atoms with Crippen molar-refractivity contribution in [1.82, 2.24) is 26.6 Å². The molecule has 4 N–H and O–H groups in total. The van der Waals surface area contributed by atoms with Gasteiger partial charge in [-0.2, -0.15) is 5.53 Å². The zero-order valence-electron chi connectivity index (χ0n) is 13.7. The summed E-state index contributed by atoms with van der Waals surface area (Å²) in [7, 11) is 0. The number of nitrogens with zero attached hydrogens (tertiary/aromatic N) is 2. The lowest BCUT2D eigenvalue weighted by molar-refractivity contribution is -0.117. The number of hydrogen-bond donors (Lipinski definition) is 4. The molecule has 9 heteroatoms. The van der Waals surface area contributed by atoms with Gasteiger partial charge in [-0.3, -0.25) is 10.1 Å². The van der Waals surface area contributed by atoms with E-state index in [0.29, 0.717) is 16.7 Å². The third kappa shape index (κ3) is 3.70. The molecule has 1 fully saturated rings. The highest BCUT2D eigenvalue weighted by atomic mass is 32.1. The first kappa shape index (κ1) is 16.8. The molecule has 0 saturated carbocycles. The molecule has 0 radical (unpaired) electrons. The molecular weight excluding hydrogens is 328 g/mol. The summed E-state index contributed by atoms with van der Waals surface area (Å²) in [5, 5.41) is 12.1. The standard InChI is InChI=1S/C15H20N6O2S/c1-8-5-4-6-12(9(8)2)23-10(3)14-19-20-15(24-14)17-13(22)11-7-16-21-18-11/h4-6,10-11,16,18,21H,7H2,1-3H3,(H,17,20,22). The third-order valence-electron chi connectivity index (χ3n) is 3.83. The quantitative estimate of drug-likeness (QED) is 0.644. The van der Waals surface area contributed by atoms with E-state index < -0.39 is 0 Å². The van der Waals surface area contributed by atoms with Crippen LogP contribution in [0.4, 0.5) is 5.13 Å². The number of hydrazine groups is 2. The van der Waals surface area contributed by atoms with E-state index in [1.807, 2.05) is 39.0 Å². The Morgan fingerprint density at radius 3 is 3.00 bits per heavy atom. The van der Waals surface area contributed by atoms with Crippen molar-refractivity contribution in [2.75, 3.05) is 11.9 Å². The summed E-state index contributed by atoms with van der Waals surface area (Å²) in [5.41, 5.74) is 10.6. The van der Waals surface area contributed by atoms with E-state index in [4.69, 9.17) is 4.74 Å². The number of ether oxygens (including phenoxy) is 1. The molecule has 3 rings (SSSR count). The molecule has 1 saturated heterocycles. The summed E-state index contributed by atoms with van der Waals surface area (Å²) in [6.45, 7) is 6.50. The molecule has 0 spiro atoms. The highest BCUT2D eigenvalue weighted by Crippen LogP contribution is 2.29. The number of rotatable bonds is 5. The van der Waals surface area contributed by atoms with Crippen molar-refractivity contribution in [1.29, 1.82) is 0 Å². The largest absolute Gasteiger partial charge is 0.483 e. The van der Waals surface area contributed by atoms with Gasteiger partial charge in [-0.25, -0.2) is 10.9 Å². The summed E-state index contributed by atoms with van der Waals surface area (Å²) in [6, 6.07) is 5.61. The summed E-state index contributed by atoms with van der Waals surface area (Å²) in [6.07, 6.45) is -0.249. The number of carbonyl (C=O) groups excluding carboxylic acids is 1. The Balaban J connectivity index is 1.64. The molecule has 1 aliphatic heterocycles. The minimum Gasteiger partial charge on any atom is -0.483 e. The van der Waals surface area contributed by atoms with Gasteiger partial charge in [0.25, 0.3) is 0 Å². The first-order valence-corrected chi connectivity index (χ1v) is 8.47. The smallest absolute Gasteiger partial charge is 0.246 e. The molecule has 2 aromatic rings. The number of hydrogen-bond acceptors (Lipinski definition) is 8. The summed E-state index contributed by atoms with van der Waals surface area (Å²) in [5.74, 6) is 0.661. The molecule has 0 aliphatic carbocycles. The number of amides is 1. The Morgan fingerprint density at radius 2 is 2.25 bits per heavy atom. The topological polar surface area (TPSA) is 100 Å². The molecule has 0 bridgehead atoms. The second kappa shape index (κ2) is 7.22. The van der Waals surface area contributed by atoms with Crippen molar-refractivity contribution in [3.8, 4) is 5.75 Å². The van der Waals surface area contributed by atoms with Gasteiger partial charge in [-0.1, -0.05) is 23.5 Å². The van der Waals surface area contributed by atoms with Gasteiger partial charge in [0, 0.05) is 6.54 Å². The summed E-state index contributed by atoms with van der Waals surface area (Å²) < 4.78 is 5.99. The lowest BCUT2D eigenvalue weighted by atomic mass is 10.1. The molecule has 1 aromatic carbocycles. The van der Waals surface area contributed by atoms with Gasteiger partial charge in [0.1, 0.15) is 17.9 Å². The second-order valence-electron chi connectivity index (χ2n) is 5.60. The van der Waals surface area contributed by atoms with Crippen LogP contribution in [0, 0.1) is 13.8 Å². The van der Waals surface area contributed by atoms with Crippen LogP contribution in [0.3, 0.4) is 0 Å². The predicted molar refractivity (Wildman–Crippen MR) is 91.6 cm³/mol. The molecule has 128 valence electrons. The first-order valence-electron chi connectivity index (χ1n) is 7.65. The Hall–Kier alpha value is -2.07. The van der Waals surface area contributed by atoms with Crippen LogP contribution < -0.4 is 26.4 Å². The normalized spacial score (nSPS) is 18.4. The van der Waals surface area contributed by atoms with Crippen LogP contribution in [-0.4, -0.2) is 28.7 Å². The molecule has 2 unspecified atom stereocenters. The minimum atomic E-state index is -0.346. The molecule has 24 heavy (non-hydrogen) atoms. The van der Waals surface area contributed by atoms with Crippen molar-refractivity contribution < 1.29 is 9.53 Å². The Labute approximate surface area is 144 Å². The maximum atomic E-state index is 12.0. The van der Waals surface area contributed by atoms with Crippen LogP contribution >= 0.6 is 11.3 Å². The minimum absolute atomic E-state index is 0.168. The zero-order chi connectivity index (χ0) is 17.1. The molecular formula is C15H20N6O2S. The Bertz CT molecular complexity index is 729.